The van der Waals surface area contributed by atoms with E-state index in [1.54, 1.807) is 6.20 Å². The Morgan fingerprint density at radius 1 is 1.64 bits per heavy atom. The quantitative estimate of drug-likeness (QED) is 0.767. The summed E-state index contributed by atoms with van der Waals surface area (Å²) in [6, 6.07) is 4.33. The molecular weight excluding hydrogens is 174 g/mol. The molecule has 0 spiro atoms. The molecular formula is C11H17N3. The lowest BCUT2D eigenvalue weighted by Gasteiger charge is -2.04. The summed E-state index contributed by atoms with van der Waals surface area (Å²) in [7, 11) is 0. The van der Waals surface area contributed by atoms with Crippen molar-refractivity contribution in [3.63, 3.8) is 0 Å². The van der Waals surface area contributed by atoms with Crippen molar-refractivity contribution in [2.45, 2.75) is 32.2 Å². The van der Waals surface area contributed by atoms with Crippen LogP contribution in [0.15, 0.2) is 18.3 Å². The van der Waals surface area contributed by atoms with Gasteiger partial charge in [0.2, 0.25) is 0 Å². The fourth-order valence-electron chi connectivity index (χ4n) is 1.83. The number of nitrogens with zero attached hydrogens (tertiary/aromatic N) is 1. The Morgan fingerprint density at radius 2 is 2.50 bits per heavy atom. The van der Waals surface area contributed by atoms with Crippen molar-refractivity contribution in [2.24, 2.45) is 5.92 Å². The lowest BCUT2D eigenvalue weighted by Crippen LogP contribution is -2.06. The topological polar surface area (TPSA) is 50.9 Å². The maximum atomic E-state index is 5.67. The highest BCUT2D eigenvalue weighted by molar-refractivity contribution is 5.49. The standard InChI is InChI=1S/C11H17N3/c1-2-3-8-6-10(8)14-11-7-9(12)4-5-13-11/h4-5,7-8,10H,2-3,6H2,1H3,(H3,12,13,14). The van der Waals surface area contributed by atoms with Crippen LogP contribution in [0.2, 0.25) is 0 Å². The van der Waals surface area contributed by atoms with Crippen LogP contribution >= 0.6 is 0 Å². The number of anilines is 2. The zero-order chi connectivity index (χ0) is 9.97. The van der Waals surface area contributed by atoms with Crippen LogP contribution in [0.1, 0.15) is 26.2 Å². The van der Waals surface area contributed by atoms with E-state index in [2.05, 4.69) is 17.2 Å². The van der Waals surface area contributed by atoms with Crippen LogP contribution in [0.3, 0.4) is 0 Å². The van der Waals surface area contributed by atoms with Crippen LogP contribution in [-0.4, -0.2) is 11.0 Å². The number of nitrogens with one attached hydrogen (secondary N) is 1. The lowest BCUT2D eigenvalue weighted by molar-refractivity contribution is 0.692. The van der Waals surface area contributed by atoms with E-state index in [9.17, 15) is 0 Å². The summed E-state index contributed by atoms with van der Waals surface area (Å²) in [6.45, 7) is 2.23. The monoisotopic (exact) mass is 191 g/mol. The highest BCUT2D eigenvalue weighted by Crippen LogP contribution is 2.36. The van der Waals surface area contributed by atoms with E-state index < -0.39 is 0 Å². The van der Waals surface area contributed by atoms with Crippen LogP contribution in [0.4, 0.5) is 11.5 Å². The molecule has 2 atom stereocenters. The number of hydrogen-bond acceptors (Lipinski definition) is 3. The van der Waals surface area contributed by atoms with Gasteiger partial charge in [-0.3, -0.25) is 0 Å². The van der Waals surface area contributed by atoms with Gasteiger partial charge in [-0.05, 0) is 24.8 Å². The molecule has 1 aromatic heterocycles. The van der Waals surface area contributed by atoms with Gasteiger partial charge in [0.15, 0.2) is 0 Å². The van der Waals surface area contributed by atoms with Gasteiger partial charge in [-0.2, -0.15) is 0 Å². The molecule has 3 N–H and O–H groups in total. The number of nitrogen functional groups attached to an aromatic ring is 1. The molecule has 76 valence electrons. The van der Waals surface area contributed by atoms with E-state index in [4.69, 9.17) is 5.73 Å². The fraction of sp³-hybridized carbons (Fsp3) is 0.545. The van der Waals surface area contributed by atoms with Crippen LogP contribution < -0.4 is 11.1 Å². The Bertz CT molecular complexity index is 311. The van der Waals surface area contributed by atoms with Crippen LogP contribution in [0.5, 0.6) is 0 Å². The molecule has 0 aliphatic heterocycles. The Balaban J connectivity index is 1.87. The molecule has 0 bridgehead atoms. The molecule has 1 aliphatic rings. The molecule has 14 heavy (non-hydrogen) atoms. The SMILES string of the molecule is CCCC1CC1Nc1cc(N)ccn1. The van der Waals surface area contributed by atoms with Gasteiger partial charge in [0.25, 0.3) is 0 Å². The highest BCUT2D eigenvalue weighted by Gasteiger charge is 2.35. The first-order valence-electron chi connectivity index (χ1n) is 5.27. The minimum atomic E-state index is 0.629. The number of pyridine rings is 1. The number of rotatable bonds is 4. The van der Waals surface area contributed by atoms with Gasteiger partial charge >= 0.3 is 0 Å². The Morgan fingerprint density at radius 3 is 3.21 bits per heavy atom. The molecule has 2 unspecified atom stereocenters. The third-order valence-corrected chi connectivity index (χ3v) is 2.70. The van der Waals surface area contributed by atoms with E-state index >= 15 is 0 Å². The third-order valence-electron chi connectivity index (χ3n) is 2.70. The first kappa shape index (κ1) is 9.31. The summed E-state index contributed by atoms with van der Waals surface area (Å²) >= 11 is 0. The third kappa shape index (κ3) is 2.16. The lowest BCUT2D eigenvalue weighted by atomic mass is 10.2. The van der Waals surface area contributed by atoms with Crippen molar-refractivity contribution in [1.82, 2.24) is 4.98 Å². The number of aromatic nitrogens is 1. The normalized spacial score (nSPS) is 24.6. The first-order valence-corrected chi connectivity index (χ1v) is 5.27. The second-order valence-electron chi connectivity index (χ2n) is 4.01. The van der Waals surface area contributed by atoms with Crippen LogP contribution in [-0.2, 0) is 0 Å². The molecule has 3 heteroatoms. The van der Waals surface area contributed by atoms with Crippen LogP contribution in [0.25, 0.3) is 0 Å². The summed E-state index contributed by atoms with van der Waals surface area (Å²) in [5, 5.41) is 3.40. The van der Waals surface area contributed by atoms with Crippen LogP contribution in [0, 0.1) is 5.92 Å². The number of hydrogen-bond donors (Lipinski definition) is 2. The predicted octanol–water partition coefficient (Wildman–Crippen LogP) is 2.26. The van der Waals surface area contributed by atoms with Gasteiger partial charge in [-0.15, -0.1) is 0 Å². The second kappa shape index (κ2) is 3.86. The molecule has 1 aromatic rings. The minimum absolute atomic E-state index is 0.629. The van der Waals surface area contributed by atoms with E-state index in [1.165, 1.54) is 19.3 Å². The van der Waals surface area contributed by atoms with Gasteiger partial charge in [0.1, 0.15) is 5.82 Å². The van der Waals surface area contributed by atoms with Crippen molar-refractivity contribution in [2.75, 3.05) is 11.1 Å². The zero-order valence-corrected chi connectivity index (χ0v) is 8.53. The minimum Gasteiger partial charge on any atom is -0.399 e. The maximum absolute atomic E-state index is 5.67. The second-order valence-corrected chi connectivity index (χ2v) is 4.01. The van der Waals surface area contributed by atoms with Crippen molar-refractivity contribution in [1.29, 1.82) is 0 Å². The zero-order valence-electron chi connectivity index (χ0n) is 8.53. The average molecular weight is 191 g/mol. The molecule has 0 radical (unpaired) electrons. The molecule has 0 aromatic carbocycles. The van der Waals surface area contributed by atoms with E-state index in [-0.39, 0.29) is 0 Å². The molecule has 2 rings (SSSR count). The molecule has 0 amide bonds. The van der Waals surface area contributed by atoms with Gasteiger partial charge < -0.3 is 11.1 Å². The predicted molar refractivity (Wildman–Crippen MR) is 59.1 cm³/mol. The summed E-state index contributed by atoms with van der Waals surface area (Å²) < 4.78 is 0. The summed E-state index contributed by atoms with van der Waals surface area (Å²) in [6.07, 6.45) is 5.62. The van der Waals surface area contributed by atoms with Gasteiger partial charge in [0, 0.05) is 24.0 Å². The van der Waals surface area contributed by atoms with E-state index in [0.29, 0.717) is 6.04 Å². The van der Waals surface area contributed by atoms with E-state index in [1.807, 2.05) is 12.1 Å². The smallest absolute Gasteiger partial charge is 0.128 e. The Labute approximate surface area is 84.7 Å². The van der Waals surface area contributed by atoms with Crippen molar-refractivity contribution < 1.29 is 0 Å². The first-order chi connectivity index (χ1) is 6.79. The molecule has 0 saturated heterocycles. The van der Waals surface area contributed by atoms with Gasteiger partial charge in [-0.1, -0.05) is 13.3 Å². The molecule has 1 aliphatic carbocycles. The molecule has 1 fully saturated rings. The Hall–Kier alpha value is -1.25. The Kier molecular flexibility index (Phi) is 2.57. The highest BCUT2D eigenvalue weighted by atomic mass is 15.0. The maximum Gasteiger partial charge on any atom is 0.128 e. The largest absolute Gasteiger partial charge is 0.399 e. The van der Waals surface area contributed by atoms with Gasteiger partial charge in [0.05, 0.1) is 0 Å². The van der Waals surface area contributed by atoms with Gasteiger partial charge in [-0.25, -0.2) is 4.98 Å². The van der Waals surface area contributed by atoms with Crippen molar-refractivity contribution in [3.05, 3.63) is 18.3 Å². The number of nitrogens with two attached hydrogens (primary N) is 1. The average Bonchev–Trinajstić information content (AvgIpc) is 2.84. The summed E-state index contributed by atoms with van der Waals surface area (Å²) in [4.78, 5) is 4.22. The summed E-state index contributed by atoms with van der Waals surface area (Å²) in [5.74, 6) is 1.76. The van der Waals surface area contributed by atoms with Crippen molar-refractivity contribution >= 4 is 11.5 Å². The van der Waals surface area contributed by atoms with E-state index in [0.717, 1.165) is 17.4 Å². The molecule has 1 heterocycles. The summed E-state index contributed by atoms with van der Waals surface area (Å²) in [5.41, 5.74) is 6.44. The fourth-order valence-corrected chi connectivity index (χ4v) is 1.83. The van der Waals surface area contributed by atoms with Crippen molar-refractivity contribution in [3.8, 4) is 0 Å². The molecule has 1 saturated carbocycles. The molecule has 3 nitrogen and oxygen atoms in total.